The van der Waals surface area contributed by atoms with Crippen molar-refractivity contribution in [2.75, 3.05) is 33.8 Å². The quantitative estimate of drug-likeness (QED) is 0.376. The zero-order chi connectivity index (χ0) is 27.7. The molecule has 2 aromatic rings. The number of hydrogen-bond donors (Lipinski definition) is 0. The maximum atomic E-state index is 13.5. The van der Waals surface area contributed by atoms with Gasteiger partial charge in [-0.3, -0.25) is 9.59 Å². The lowest BCUT2D eigenvalue weighted by atomic mass is 9.56. The lowest BCUT2D eigenvalue weighted by Crippen LogP contribution is -2.62. The number of rotatable bonds is 8. The third-order valence-corrected chi connectivity index (χ3v) is 9.79. The van der Waals surface area contributed by atoms with Gasteiger partial charge in [-0.25, -0.2) is 0 Å². The van der Waals surface area contributed by atoms with Crippen LogP contribution in [0.3, 0.4) is 0 Å². The molecule has 0 N–H and O–H groups in total. The van der Waals surface area contributed by atoms with Gasteiger partial charge < -0.3 is 19.3 Å². The topological polar surface area (TPSA) is 59.1 Å². The van der Waals surface area contributed by atoms with Gasteiger partial charge in [-0.2, -0.15) is 0 Å². The van der Waals surface area contributed by atoms with Gasteiger partial charge in [-0.1, -0.05) is 41.4 Å². The molecule has 0 radical (unpaired) electrons. The summed E-state index contributed by atoms with van der Waals surface area (Å²) in [7, 11) is 3.56. The van der Waals surface area contributed by atoms with Crippen LogP contribution in [-0.2, 0) is 26.2 Å². The molecule has 3 fully saturated rings. The standard InChI is InChI=1S/C31H38Cl2N2O4/c1-20(36)39-29-16-24(34(2)30(37)14-22-9-10-27(32)28(33)13-22)17-31(23-5-4-6-25(15-23)38-3)11-12-35(19-26(29)31)18-21-7-8-21/h4-6,9-10,13,15,21,24,26,29H,7-8,11-12,14,16-19H2,1-3H3. The number of carbonyl (C=O) groups is 2. The molecule has 1 amide bonds. The summed E-state index contributed by atoms with van der Waals surface area (Å²) in [6.45, 7) is 4.48. The van der Waals surface area contributed by atoms with Crippen LogP contribution < -0.4 is 4.74 Å². The van der Waals surface area contributed by atoms with E-state index in [1.807, 2.05) is 30.1 Å². The summed E-state index contributed by atoms with van der Waals surface area (Å²) in [6.07, 6.45) is 4.94. The highest BCUT2D eigenvalue weighted by molar-refractivity contribution is 6.42. The van der Waals surface area contributed by atoms with E-state index < -0.39 is 0 Å². The lowest BCUT2D eigenvalue weighted by molar-refractivity contribution is -0.160. The van der Waals surface area contributed by atoms with Crippen molar-refractivity contribution in [1.29, 1.82) is 0 Å². The van der Waals surface area contributed by atoms with Gasteiger partial charge in [0, 0.05) is 50.9 Å². The number of likely N-dealkylation sites (tertiary alicyclic amines) is 1. The molecule has 0 spiro atoms. The summed E-state index contributed by atoms with van der Waals surface area (Å²) in [5.41, 5.74) is 1.78. The highest BCUT2D eigenvalue weighted by atomic mass is 35.5. The van der Waals surface area contributed by atoms with Gasteiger partial charge in [-0.15, -0.1) is 0 Å². The van der Waals surface area contributed by atoms with Crippen LogP contribution in [0.1, 0.15) is 50.2 Å². The molecule has 210 valence electrons. The molecular formula is C31H38Cl2N2O4. The molecule has 2 aliphatic carbocycles. The zero-order valence-corrected chi connectivity index (χ0v) is 24.5. The Morgan fingerprint density at radius 1 is 1.13 bits per heavy atom. The number of piperidine rings is 1. The van der Waals surface area contributed by atoms with Crippen LogP contribution in [0, 0.1) is 11.8 Å². The van der Waals surface area contributed by atoms with E-state index in [4.69, 9.17) is 32.7 Å². The van der Waals surface area contributed by atoms with Crippen molar-refractivity contribution < 1.29 is 19.1 Å². The number of ether oxygens (including phenoxy) is 2. The monoisotopic (exact) mass is 572 g/mol. The maximum absolute atomic E-state index is 13.5. The van der Waals surface area contributed by atoms with E-state index in [1.165, 1.54) is 25.3 Å². The number of amides is 1. The van der Waals surface area contributed by atoms with Crippen LogP contribution in [0.2, 0.25) is 10.0 Å². The van der Waals surface area contributed by atoms with Crippen molar-refractivity contribution in [3.05, 3.63) is 63.6 Å². The lowest BCUT2D eigenvalue weighted by Gasteiger charge is -2.56. The second kappa shape index (κ2) is 11.7. The second-order valence-electron chi connectivity index (χ2n) is 11.6. The van der Waals surface area contributed by atoms with E-state index in [9.17, 15) is 9.59 Å². The first-order chi connectivity index (χ1) is 18.7. The molecule has 6 nitrogen and oxygen atoms in total. The van der Waals surface area contributed by atoms with Gasteiger partial charge in [0.2, 0.25) is 5.91 Å². The Bertz CT molecular complexity index is 1220. The molecule has 5 rings (SSSR count). The molecular weight excluding hydrogens is 535 g/mol. The molecule has 8 heteroatoms. The number of fused-ring (bicyclic) bond motifs is 1. The highest BCUT2D eigenvalue weighted by Crippen LogP contribution is 2.52. The zero-order valence-electron chi connectivity index (χ0n) is 23.0. The Hall–Kier alpha value is -2.28. The minimum absolute atomic E-state index is 0.00498. The molecule has 0 bridgehead atoms. The van der Waals surface area contributed by atoms with Gasteiger partial charge in [0.05, 0.1) is 23.6 Å². The number of benzene rings is 2. The average molecular weight is 574 g/mol. The first-order valence-electron chi connectivity index (χ1n) is 13.9. The van der Waals surface area contributed by atoms with E-state index in [2.05, 4.69) is 17.0 Å². The summed E-state index contributed by atoms with van der Waals surface area (Å²) < 4.78 is 11.7. The fourth-order valence-electron chi connectivity index (χ4n) is 6.78. The Balaban J connectivity index is 1.46. The van der Waals surface area contributed by atoms with Crippen molar-refractivity contribution in [1.82, 2.24) is 9.80 Å². The Morgan fingerprint density at radius 3 is 2.62 bits per heavy atom. The van der Waals surface area contributed by atoms with Crippen molar-refractivity contribution in [3.8, 4) is 5.75 Å². The number of hydrogen-bond acceptors (Lipinski definition) is 5. The molecule has 4 atom stereocenters. The van der Waals surface area contributed by atoms with E-state index in [0.717, 1.165) is 49.7 Å². The molecule has 3 aliphatic rings. The number of methoxy groups -OCH3 is 1. The average Bonchev–Trinajstić information content (AvgIpc) is 3.74. The summed E-state index contributed by atoms with van der Waals surface area (Å²) in [6, 6.07) is 13.6. The second-order valence-corrected chi connectivity index (χ2v) is 12.4. The Labute approximate surface area is 241 Å². The number of halogens is 2. The number of nitrogens with zero attached hydrogens (tertiary/aromatic N) is 2. The summed E-state index contributed by atoms with van der Waals surface area (Å²) >= 11 is 12.3. The smallest absolute Gasteiger partial charge is 0.302 e. The molecule has 2 aromatic carbocycles. The van der Waals surface area contributed by atoms with E-state index in [-0.39, 0.29) is 41.8 Å². The molecule has 1 saturated heterocycles. The highest BCUT2D eigenvalue weighted by Gasteiger charge is 2.54. The first-order valence-corrected chi connectivity index (χ1v) is 14.7. The van der Waals surface area contributed by atoms with Crippen LogP contribution in [0.15, 0.2) is 42.5 Å². The van der Waals surface area contributed by atoms with E-state index >= 15 is 0 Å². The van der Waals surface area contributed by atoms with Crippen molar-refractivity contribution in [2.45, 2.75) is 63.0 Å². The van der Waals surface area contributed by atoms with Gasteiger partial charge >= 0.3 is 5.97 Å². The Kier molecular flexibility index (Phi) is 8.46. The van der Waals surface area contributed by atoms with Crippen molar-refractivity contribution >= 4 is 35.1 Å². The molecule has 0 aromatic heterocycles. The number of carbonyl (C=O) groups excluding carboxylic acids is 2. The van der Waals surface area contributed by atoms with E-state index in [1.54, 1.807) is 19.2 Å². The third-order valence-electron chi connectivity index (χ3n) is 9.05. The summed E-state index contributed by atoms with van der Waals surface area (Å²) in [5, 5.41) is 0.909. The van der Waals surface area contributed by atoms with E-state index in [0.29, 0.717) is 16.5 Å². The van der Waals surface area contributed by atoms with Crippen molar-refractivity contribution in [3.63, 3.8) is 0 Å². The number of likely N-dealkylation sites (N-methyl/N-ethyl adjacent to an activating group) is 1. The normalized spacial score (nSPS) is 26.9. The third kappa shape index (κ3) is 6.23. The van der Waals surface area contributed by atoms with Crippen LogP contribution in [-0.4, -0.2) is 67.6 Å². The fraction of sp³-hybridized carbons (Fsp3) is 0.548. The molecule has 1 heterocycles. The predicted molar refractivity (Wildman–Crippen MR) is 153 cm³/mol. The SMILES string of the molecule is COc1cccc(C23CCN(CC4CC4)CC2C(OC(C)=O)CC(N(C)C(=O)Cc2ccc(Cl)c(Cl)c2)C3)c1. The Morgan fingerprint density at radius 2 is 1.92 bits per heavy atom. The van der Waals surface area contributed by atoms with Crippen molar-refractivity contribution in [2.24, 2.45) is 11.8 Å². The fourth-order valence-corrected chi connectivity index (χ4v) is 7.10. The predicted octanol–water partition coefficient (Wildman–Crippen LogP) is 5.77. The van der Waals surface area contributed by atoms with Gasteiger partial charge in [-0.05, 0) is 73.5 Å². The minimum atomic E-state index is -0.283. The first kappa shape index (κ1) is 28.3. The maximum Gasteiger partial charge on any atom is 0.302 e. The van der Waals surface area contributed by atoms with Gasteiger partial charge in [0.1, 0.15) is 11.9 Å². The molecule has 2 saturated carbocycles. The number of esters is 1. The van der Waals surface area contributed by atoms with Gasteiger partial charge in [0.25, 0.3) is 0 Å². The van der Waals surface area contributed by atoms with Crippen LogP contribution in [0.5, 0.6) is 5.75 Å². The van der Waals surface area contributed by atoms with Crippen LogP contribution in [0.25, 0.3) is 0 Å². The molecule has 39 heavy (non-hydrogen) atoms. The van der Waals surface area contributed by atoms with Crippen LogP contribution in [0.4, 0.5) is 0 Å². The van der Waals surface area contributed by atoms with Gasteiger partial charge in [0.15, 0.2) is 0 Å². The largest absolute Gasteiger partial charge is 0.497 e. The molecule has 4 unspecified atom stereocenters. The summed E-state index contributed by atoms with van der Waals surface area (Å²) in [4.78, 5) is 30.3. The minimum Gasteiger partial charge on any atom is -0.497 e. The molecule has 1 aliphatic heterocycles. The summed E-state index contributed by atoms with van der Waals surface area (Å²) in [5.74, 6) is 1.48. The van der Waals surface area contributed by atoms with Crippen LogP contribution >= 0.6 is 23.2 Å².